The monoisotopic (exact) mass is 419 g/mol. The summed E-state index contributed by atoms with van der Waals surface area (Å²) in [6.45, 7) is 0.764. The SMILES string of the molecule is C[C@H](NC(=O)[C@H](CCCN)NC(=O)[C@H](CCC(=O)O)NC(=O)[C@@H](N)CO)C(=O)O. The van der Waals surface area contributed by atoms with E-state index in [1.165, 1.54) is 6.92 Å². The Morgan fingerprint density at radius 1 is 0.897 bits per heavy atom. The van der Waals surface area contributed by atoms with Gasteiger partial charge in [0.15, 0.2) is 0 Å². The van der Waals surface area contributed by atoms with Gasteiger partial charge in [-0.05, 0) is 32.7 Å². The Morgan fingerprint density at radius 3 is 1.90 bits per heavy atom. The summed E-state index contributed by atoms with van der Waals surface area (Å²) in [5.74, 6) is -4.98. The lowest BCUT2D eigenvalue weighted by Gasteiger charge is -2.24. The number of carbonyl (C=O) groups is 5. The van der Waals surface area contributed by atoms with Crippen molar-refractivity contribution < 1.29 is 39.3 Å². The highest BCUT2D eigenvalue weighted by atomic mass is 16.4. The lowest BCUT2D eigenvalue weighted by molar-refractivity contribution is -0.141. The summed E-state index contributed by atoms with van der Waals surface area (Å²) in [7, 11) is 0. The smallest absolute Gasteiger partial charge is 0.325 e. The molecule has 0 bridgehead atoms. The molecule has 0 heterocycles. The van der Waals surface area contributed by atoms with Crippen molar-refractivity contribution in [3.63, 3.8) is 0 Å². The number of hydrogen-bond donors (Lipinski definition) is 8. The second-order valence-corrected chi connectivity index (χ2v) is 6.34. The summed E-state index contributed by atoms with van der Waals surface area (Å²) in [5.41, 5.74) is 10.8. The number of amides is 3. The fourth-order valence-corrected chi connectivity index (χ4v) is 2.14. The van der Waals surface area contributed by atoms with Crippen LogP contribution in [0.4, 0.5) is 0 Å². The lowest BCUT2D eigenvalue weighted by Crippen LogP contribution is -2.57. The lowest BCUT2D eigenvalue weighted by atomic mass is 10.1. The molecule has 4 atom stereocenters. The number of rotatable bonds is 14. The summed E-state index contributed by atoms with van der Waals surface area (Å²) >= 11 is 0. The maximum absolute atomic E-state index is 12.6. The molecule has 0 aliphatic carbocycles. The summed E-state index contributed by atoms with van der Waals surface area (Å²) in [6, 6.07) is -5.00. The number of hydrogen-bond acceptors (Lipinski definition) is 8. The van der Waals surface area contributed by atoms with Crippen LogP contribution in [0.5, 0.6) is 0 Å². The molecule has 0 saturated heterocycles. The molecular weight excluding hydrogens is 390 g/mol. The largest absolute Gasteiger partial charge is 0.481 e. The second kappa shape index (κ2) is 13.4. The van der Waals surface area contributed by atoms with E-state index >= 15 is 0 Å². The number of carboxylic acids is 2. The minimum atomic E-state index is -1.33. The van der Waals surface area contributed by atoms with Crippen LogP contribution in [0.1, 0.15) is 32.6 Å². The molecule has 0 aromatic heterocycles. The van der Waals surface area contributed by atoms with Crippen LogP contribution in [0, 0.1) is 0 Å². The molecule has 0 aromatic carbocycles. The van der Waals surface area contributed by atoms with E-state index in [2.05, 4.69) is 16.0 Å². The van der Waals surface area contributed by atoms with Crippen LogP contribution in [0.2, 0.25) is 0 Å². The molecule has 0 aliphatic rings. The number of carbonyl (C=O) groups excluding carboxylic acids is 3. The molecule has 0 rings (SSSR count). The zero-order valence-corrected chi connectivity index (χ0v) is 16.1. The molecule has 0 unspecified atom stereocenters. The van der Waals surface area contributed by atoms with E-state index < -0.39 is 66.9 Å². The van der Waals surface area contributed by atoms with Crippen molar-refractivity contribution in [2.24, 2.45) is 11.5 Å². The topological polar surface area (TPSA) is 234 Å². The Kier molecular flexibility index (Phi) is 12.1. The first-order valence-corrected chi connectivity index (χ1v) is 8.95. The van der Waals surface area contributed by atoms with Gasteiger partial charge in [-0.1, -0.05) is 0 Å². The van der Waals surface area contributed by atoms with E-state index in [1.807, 2.05) is 0 Å². The second-order valence-electron chi connectivity index (χ2n) is 6.34. The number of carboxylic acid groups (broad SMARTS) is 2. The maximum atomic E-state index is 12.6. The number of aliphatic carboxylic acids is 2. The van der Waals surface area contributed by atoms with E-state index in [0.29, 0.717) is 6.42 Å². The average molecular weight is 419 g/mol. The van der Waals surface area contributed by atoms with E-state index in [0.717, 1.165) is 0 Å². The third kappa shape index (κ3) is 10.4. The van der Waals surface area contributed by atoms with Gasteiger partial charge in [-0.25, -0.2) is 0 Å². The van der Waals surface area contributed by atoms with E-state index in [-0.39, 0.29) is 19.4 Å². The maximum Gasteiger partial charge on any atom is 0.325 e. The predicted molar refractivity (Wildman–Crippen MR) is 99.3 cm³/mol. The van der Waals surface area contributed by atoms with Crippen molar-refractivity contribution in [3.05, 3.63) is 0 Å². The van der Waals surface area contributed by atoms with Crippen LogP contribution in [-0.2, 0) is 24.0 Å². The van der Waals surface area contributed by atoms with Gasteiger partial charge >= 0.3 is 11.9 Å². The summed E-state index contributed by atoms with van der Waals surface area (Å²) in [6.07, 6.45) is -0.318. The fourth-order valence-electron chi connectivity index (χ4n) is 2.14. The minimum Gasteiger partial charge on any atom is -0.481 e. The molecule has 0 spiro atoms. The predicted octanol–water partition coefficient (Wildman–Crippen LogP) is -3.53. The fraction of sp³-hybridized carbons (Fsp3) is 0.688. The molecule has 29 heavy (non-hydrogen) atoms. The number of aliphatic hydroxyl groups is 1. The molecule has 10 N–H and O–H groups in total. The highest BCUT2D eigenvalue weighted by Gasteiger charge is 2.29. The van der Waals surface area contributed by atoms with Crippen molar-refractivity contribution in [2.45, 2.75) is 56.8 Å². The van der Waals surface area contributed by atoms with Gasteiger partial charge in [-0.2, -0.15) is 0 Å². The molecule has 0 fully saturated rings. The molecule has 3 amide bonds. The van der Waals surface area contributed by atoms with Crippen LogP contribution in [-0.4, -0.2) is 82.3 Å². The zero-order valence-electron chi connectivity index (χ0n) is 16.1. The molecule has 13 nitrogen and oxygen atoms in total. The van der Waals surface area contributed by atoms with Crippen molar-refractivity contribution in [1.29, 1.82) is 0 Å². The first-order valence-electron chi connectivity index (χ1n) is 8.95. The van der Waals surface area contributed by atoms with E-state index in [9.17, 15) is 24.0 Å². The molecule has 0 radical (unpaired) electrons. The first kappa shape index (κ1) is 26.2. The summed E-state index contributed by atoms with van der Waals surface area (Å²) < 4.78 is 0. The van der Waals surface area contributed by atoms with Crippen molar-refractivity contribution in [1.82, 2.24) is 16.0 Å². The first-order chi connectivity index (χ1) is 13.5. The van der Waals surface area contributed by atoms with Gasteiger partial charge in [0, 0.05) is 6.42 Å². The summed E-state index contributed by atoms with van der Waals surface area (Å²) in [5, 5.41) is 33.5. The van der Waals surface area contributed by atoms with Gasteiger partial charge in [0.1, 0.15) is 24.2 Å². The molecule has 0 saturated carbocycles. The van der Waals surface area contributed by atoms with Crippen LogP contribution >= 0.6 is 0 Å². The van der Waals surface area contributed by atoms with Crippen molar-refractivity contribution in [3.8, 4) is 0 Å². The molecular formula is C16H29N5O8. The Balaban J connectivity index is 5.29. The van der Waals surface area contributed by atoms with Gasteiger partial charge in [-0.3, -0.25) is 24.0 Å². The highest BCUT2D eigenvalue weighted by Crippen LogP contribution is 2.03. The van der Waals surface area contributed by atoms with Gasteiger partial charge in [0.25, 0.3) is 0 Å². The van der Waals surface area contributed by atoms with Crippen LogP contribution in [0.3, 0.4) is 0 Å². The van der Waals surface area contributed by atoms with Crippen LogP contribution in [0.25, 0.3) is 0 Å². The number of nitrogens with two attached hydrogens (primary N) is 2. The molecule has 0 aromatic rings. The van der Waals surface area contributed by atoms with Crippen LogP contribution in [0.15, 0.2) is 0 Å². The molecule has 13 heteroatoms. The zero-order chi connectivity index (χ0) is 22.6. The highest BCUT2D eigenvalue weighted by molar-refractivity contribution is 5.94. The van der Waals surface area contributed by atoms with Crippen molar-refractivity contribution in [2.75, 3.05) is 13.2 Å². The average Bonchev–Trinajstić information content (AvgIpc) is 2.66. The Hall–Kier alpha value is -2.77. The van der Waals surface area contributed by atoms with E-state index in [4.69, 9.17) is 26.8 Å². The minimum absolute atomic E-state index is 0.0934. The standard InChI is InChI=1S/C16H29N5O8/c1-8(16(28)29)19-14(26)10(3-2-6-17)21-15(27)11(4-5-12(23)24)20-13(25)9(18)7-22/h8-11,22H,2-7,17-18H2,1H3,(H,19,26)(H,20,25)(H,21,27)(H,23,24)(H,28,29)/t8-,9-,10-,11-/m0/s1. The third-order valence-electron chi connectivity index (χ3n) is 3.87. The van der Waals surface area contributed by atoms with Crippen LogP contribution < -0.4 is 27.4 Å². The van der Waals surface area contributed by atoms with Crippen molar-refractivity contribution >= 4 is 29.7 Å². The Labute approximate surface area is 167 Å². The third-order valence-corrected chi connectivity index (χ3v) is 3.87. The van der Waals surface area contributed by atoms with Gasteiger partial charge < -0.3 is 42.7 Å². The van der Waals surface area contributed by atoms with E-state index in [1.54, 1.807) is 0 Å². The van der Waals surface area contributed by atoms with Gasteiger partial charge in [-0.15, -0.1) is 0 Å². The molecule has 166 valence electrons. The Morgan fingerprint density at radius 2 is 1.41 bits per heavy atom. The summed E-state index contributed by atoms with van der Waals surface area (Å²) in [4.78, 5) is 58.4. The molecule has 0 aliphatic heterocycles. The normalized spacial score (nSPS) is 14.8. The number of nitrogens with one attached hydrogen (secondary N) is 3. The number of aliphatic hydroxyl groups excluding tert-OH is 1. The quantitative estimate of drug-likeness (QED) is 0.138. The van der Waals surface area contributed by atoms with Gasteiger partial charge in [0.2, 0.25) is 17.7 Å². The Bertz CT molecular complexity index is 600. The van der Waals surface area contributed by atoms with Gasteiger partial charge in [0.05, 0.1) is 6.61 Å².